The van der Waals surface area contributed by atoms with E-state index in [0.717, 1.165) is 52.0 Å². The zero-order valence-corrected chi connectivity index (χ0v) is 19.4. The van der Waals surface area contributed by atoms with E-state index in [1.165, 1.54) is 15.6 Å². The minimum Gasteiger partial charge on any atom is -0.444 e. The predicted octanol–water partition coefficient (Wildman–Crippen LogP) is 3.85. The van der Waals surface area contributed by atoms with E-state index in [1.807, 2.05) is 25.7 Å². The lowest BCUT2D eigenvalue weighted by atomic mass is 9.88. The molecule has 0 spiro atoms. The minimum absolute atomic E-state index is 0.0614. The fourth-order valence-electron chi connectivity index (χ4n) is 4.71. The summed E-state index contributed by atoms with van der Waals surface area (Å²) in [6.45, 7) is 10.6. The van der Waals surface area contributed by atoms with E-state index in [-0.39, 0.29) is 18.2 Å². The first-order valence-corrected chi connectivity index (χ1v) is 11.7. The number of halogens is 1. The highest BCUT2D eigenvalue weighted by Crippen LogP contribution is 2.40. The van der Waals surface area contributed by atoms with Gasteiger partial charge in [-0.25, -0.2) is 4.79 Å². The molecule has 6 nitrogen and oxygen atoms in total. The molecule has 1 amide bonds. The number of nitrogens with zero attached hydrogens (tertiary/aromatic N) is 2. The topological polar surface area (TPSA) is 51.2 Å². The van der Waals surface area contributed by atoms with Crippen molar-refractivity contribution in [3.8, 4) is 0 Å². The smallest absolute Gasteiger partial charge is 0.410 e. The lowest BCUT2D eigenvalue weighted by Crippen LogP contribution is -2.54. The second-order valence-corrected chi connectivity index (χ2v) is 10.3. The molecule has 4 aliphatic rings. The van der Waals surface area contributed by atoms with E-state index in [1.54, 1.807) is 0 Å². The van der Waals surface area contributed by atoms with Gasteiger partial charge >= 0.3 is 6.09 Å². The number of fused-ring (bicyclic) bond motifs is 2. The Morgan fingerprint density at radius 1 is 1.21 bits per heavy atom. The van der Waals surface area contributed by atoms with Crippen molar-refractivity contribution in [2.75, 3.05) is 39.4 Å². The summed E-state index contributed by atoms with van der Waals surface area (Å²) in [4.78, 5) is 16.9. The molecule has 29 heavy (non-hydrogen) atoms. The van der Waals surface area contributed by atoms with Gasteiger partial charge in [0.05, 0.1) is 24.9 Å². The fraction of sp³-hybridized carbons (Fsp3) is 0.773. The van der Waals surface area contributed by atoms with Crippen molar-refractivity contribution < 1.29 is 19.0 Å². The van der Waals surface area contributed by atoms with Crippen LogP contribution in [0.2, 0.25) is 0 Å². The number of carbonyl (C=O) groups is 1. The first kappa shape index (κ1) is 21.3. The zero-order valence-electron chi connectivity index (χ0n) is 17.8. The monoisotopic (exact) mass is 468 g/mol. The number of hydrogen-bond donors (Lipinski definition) is 0. The number of hydrogen-bond acceptors (Lipinski definition) is 5. The van der Waals surface area contributed by atoms with Crippen molar-refractivity contribution in [2.45, 2.75) is 70.3 Å². The number of ether oxygens (including phenoxy) is 3. The van der Waals surface area contributed by atoms with Gasteiger partial charge in [0.15, 0.2) is 0 Å². The fourth-order valence-corrected chi connectivity index (χ4v) is 5.71. The molecule has 2 unspecified atom stereocenters. The number of rotatable bonds is 2. The third kappa shape index (κ3) is 4.89. The molecule has 0 aromatic heterocycles. The maximum absolute atomic E-state index is 12.6. The maximum Gasteiger partial charge on any atom is 0.410 e. The van der Waals surface area contributed by atoms with Crippen LogP contribution in [0.4, 0.5) is 4.79 Å². The zero-order chi connectivity index (χ0) is 20.6. The predicted molar refractivity (Wildman–Crippen MR) is 115 cm³/mol. The van der Waals surface area contributed by atoms with Crippen molar-refractivity contribution in [3.05, 3.63) is 21.7 Å². The highest BCUT2D eigenvalue weighted by atomic mass is 79.9. The van der Waals surface area contributed by atoms with Gasteiger partial charge in [-0.05, 0) is 57.6 Å². The molecule has 3 atom stereocenters. The van der Waals surface area contributed by atoms with Crippen molar-refractivity contribution >= 4 is 22.0 Å². The van der Waals surface area contributed by atoms with E-state index in [4.69, 9.17) is 14.2 Å². The summed E-state index contributed by atoms with van der Waals surface area (Å²) in [5, 5.41) is 0. The van der Waals surface area contributed by atoms with Crippen molar-refractivity contribution in [1.29, 1.82) is 0 Å². The Labute approximate surface area is 182 Å². The molecule has 0 radical (unpaired) electrons. The van der Waals surface area contributed by atoms with Crippen LogP contribution >= 0.6 is 15.9 Å². The molecular weight excluding hydrogens is 436 g/mol. The molecule has 0 aromatic rings. The van der Waals surface area contributed by atoms with E-state index in [0.29, 0.717) is 19.2 Å². The Morgan fingerprint density at radius 2 is 2.00 bits per heavy atom. The normalized spacial score (nSPS) is 31.1. The van der Waals surface area contributed by atoms with Crippen LogP contribution < -0.4 is 0 Å². The van der Waals surface area contributed by atoms with E-state index in [9.17, 15) is 4.79 Å². The molecule has 0 bridgehead atoms. The van der Waals surface area contributed by atoms with E-state index < -0.39 is 5.60 Å². The second kappa shape index (κ2) is 8.69. The van der Waals surface area contributed by atoms with Gasteiger partial charge < -0.3 is 19.1 Å². The summed E-state index contributed by atoms with van der Waals surface area (Å²) in [5.41, 5.74) is 2.17. The van der Waals surface area contributed by atoms with Crippen LogP contribution in [0.15, 0.2) is 21.7 Å². The highest BCUT2D eigenvalue weighted by Gasteiger charge is 2.40. The molecular formula is C22H33BrN2O4. The first-order valence-electron chi connectivity index (χ1n) is 10.9. The quantitative estimate of drug-likeness (QED) is 0.615. The first-order chi connectivity index (χ1) is 13.8. The van der Waals surface area contributed by atoms with E-state index >= 15 is 0 Å². The Balaban J connectivity index is 1.50. The molecule has 3 heterocycles. The summed E-state index contributed by atoms with van der Waals surface area (Å²) in [6, 6.07) is 0.208. The minimum atomic E-state index is -0.471. The molecule has 0 saturated carbocycles. The summed E-state index contributed by atoms with van der Waals surface area (Å²) < 4.78 is 18.9. The van der Waals surface area contributed by atoms with Gasteiger partial charge in [-0.2, -0.15) is 0 Å². The van der Waals surface area contributed by atoms with Crippen molar-refractivity contribution in [3.63, 3.8) is 0 Å². The summed E-state index contributed by atoms with van der Waals surface area (Å²) in [6.07, 6.45) is 6.45. The van der Waals surface area contributed by atoms with Crippen LogP contribution in [-0.4, -0.2) is 79.1 Å². The molecule has 3 aliphatic heterocycles. The van der Waals surface area contributed by atoms with Gasteiger partial charge in [0, 0.05) is 37.3 Å². The Kier molecular flexibility index (Phi) is 6.40. The summed E-state index contributed by atoms with van der Waals surface area (Å²) >= 11 is 3.94. The van der Waals surface area contributed by atoms with Crippen molar-refractivity contribution in [1.82, 2.24) is 9.80 Å². The average Bonchev–Trinajstić information content (AvgIpc) is 3.05. The molecule has 7 heteroatoms. The third-order valence-electron chi connectivity index (χ3n) is 6.09. The Bertz CT molecular complexity index is 693. The van der Waals surface area contributed by atoms with Gasteiger partial charge in [-0.15, -0.1) is 0 Å². The standard InChI is InChI=1S/C22H33BrN2O4/c1-22(2,3)29-21(26)24-8-6-15-13-18-20(19(23)17(15)7-9-24)25(10-12-28-18)14-16-5-4-11-27-16/h13,16,18,20H,4-12,14H2,1-3H3/t16-,18?,20?/m0/s1. The number of morpholine rings is 1. The third-order valence-corrected chi connectivity index (χ3v) is 7.04. The van der Waals surface area contributed by atoms with Crippen LogP contribution in [0.5, 0.6) is 0 Å². The number of amides is 1. The summed E-state index contributed by atoms with van der Waals surface area (Å²) in [7, 11) is 0. The summed E-state index contributed by atoms with van der Waals surface area (Å²) in [5.74, 6) is 0. The van der Waals surface area contributed by atoms with Gasteiger partial charge in [-0.1, -0.05) is 22.0 Å². The largest absolute Gasteiger partial charge is 0.444 e. The lowest BCUT2D eigenvalue weighted by molar-refractivity contribution is -0.0499. The van der Waals surface area contributed by atoms with Gasteiger partial charge in [0.1, 0.15) is 5.60 Å². The maximum atomic E-state index is 12.6. The van der Waals surface area contributed by atoms with Gasteiger partial charge in [0.2, 0.25) is 0 Å². The van der Waals surface area contributed by atoms with Crippen LogP contribution in [0.3, 0.4) is 0 Å². The lowest BCUT2D eigenvalue weighted by Gasteiger charge is -2.44. The van der Waals surface area contributed by atoms with Gasteiger partial charge in [0.25, 0.3) is 0 Å². The molecule has 3 fully saturated rings. The van der Waals surface area contributed by atoms with Crippen LogP contribution in [0.1, 0.15) is 46.5 Å². The highest BCUT2D eigenvalue weighted by molar-refractivity contribution is 9.11. The van der Waals surface area contributed by atoms with Crippen LogP contribution in [-0.2, 0) is 14.2 Å². The van der Waals surface area contributed by atoms with E-state index in [2.05, 4.69) is 26.9 Å². The van der Waals surface area contributed by atoms with Gasteiger partial charge in [-0.3, -0.25) is 4.90 Å². The molecule has 162 valence electrons. The molecule has 0 aromatic carbocycles. The molecule has 3 saturated heterocycles. The van der Waals surface area contributed by atoms with Crippen LogP contribution in [0.25, 0.3) is 0 Å². The SMILES string of the molecule is CC(C)(C)OC(=O)N1CCC2=CC3OCCN(C[C@@H]4CCCO4)C3C(Br)=C2CC1. The van der Waals surface area contributed by atoms with Crippen molar-refractivity contribution in [2.24, 2.45) is 0 Å². The van der Waals surface area contributed by atoms with Crippen LogP contribution in [0, 0.1) is 0 Å². The molecule has 0 N–H and O–H groups in total. The Morgan fingerprint density at radius 3 is 2.72 bits per heavy atom. The number of carbonyl (C=O) groups excluding carboxylic acids is 1. The second-order valence-electron chi connectivity index (χ2n) is 9.40. The average molecular weight is 469 g/mol. The Hall–Kier alpha value is -0.890. The number of likely N-dealkylation sites (tertiary alicyclic amines) is 1. The molecule has 1 aliphatic carbocycles. The molecule has 4 rings (SSSR count).